The van der Waals surface area contributed by atoms with Crippen LogP contribution in [0.1, 0.15) is 13.8 Å². The van der Waals surface area contributed by atoms with E-state index >= 15 is 0 Å². The van der Waals surface area contributed by atoms with Crippen LogP contribution >= 0.6 is 0 Å². The van der Waals surface area contributed by atoms with Gasteiger partial charge in [0.2, 0.25) is 5.88 Å². The van der Waals surface area contributed by atoms with Crippen molar-refractivity contribution in [3.8, 4) is 0 Å². The molecule has 0 bridgehead atoms. The van der Waals surface area contributed by atoms with Gasteiger partial charge in [-0.25, -0.2) is 4.99 Å². The molecule has 0 saturated heterocycles. The molecule has 0 aromatic rings. The number of aliphatic imine (C=N–C) groups is 1. The van der Waals surface area contributed by atoms with Crippen LogP contribution in [0.15, 0.2) is 29.2 Å². The van der Waals surface area contributed by atoms with E-state index in [0.717, 1.165) is 12.2 Å². The molecule has 1 heterocycles. The summed E-state index contributed by atoms with van der Waals surface area (Å²) >= 11 is 0. The van der Waals surface area contributed by atoms with Crippen LogP contribution in [0.5, 0.6) is 0 Å². The average Bonchev–Trinajstić information content (AvgIpc) is 2.20. The largest absolute Gasteiger partial charge is 0.474 e. The molecule has 0 fully saturated rings. The van der Waals surface area contributed by atoms with Crippen LogP contribution in [0.2, 0.25) is 0 Å². The molecule has 0 atom stereocenters. The summed E-state index contributed by atoms with van der Waals surface area (Å²) in [7, 11) is 0. The quantitative estimate of drug-likeness (QED) is 0.636. The van der Waals surface area contributed by atoms with Crippen molar-refractivity contribution in [3.05, 3.63) is 24.2 Å². The van der Waals surface area contributed by atoms with Crippen molar-refractivity contribution in [2.45, 2.75) is 13.8 Å². The van der Waals surface area contributed by atoms with Gasteiger partial charge in [-0.15, -0.1) is 0 Å². The van der Waals surface area contributed by atoms with Crippen molar-refractivity contribution in [2.75, 3.05) is 13.2 Å². The summed E-state index contributed by atoms with van der Waals surface area (Å²) in [6, 6.07) is 0. The Bertz CT molecular complexity index is 165. The van der Waals surface area contributed by atoms with E-state index in [1.54, 1.807) is 6.08 Å². The van der Waals surface area contributed by atoms with Gasteiger partial charge in [-0.1, -0.05) is 20.4 Å². The second kappa shape index (κ2) is 6.46. The first kappa shape index (κ1) is 10.8. The zero-order chi connectivity index (χ0) is 9.40. The van der Waals surface area contributed by atoms with Gasteiger partial charge in [0.15, 0.2) is 0 Å². The second-order valence-electron chi connectivity index (χ2n) is 1.86. The molecule has 1 N–H and O–H groups in total. The molecule has 0 aliphatic carbocycles. The van der Waals surface area contributed by atoms with E-state index in [0.29, 0.717) is 12.5 Å². The van der Waals surface area contributed by atoms with Gasteiger partial charge in [0.25, 0.3) is 0 Å². The number of ether oxygens (including phenoxy) is 1. The molecule has 3 heteroatoms. The maximum Gasteiger partial charge on any atom is 0.236 e. The zero-order valence-corrected chi connectivity index (χ0v) is 7.76. The maximum atomic E-state index is 5.15. The van der Waals surface area contributed by atoms with E-state index in [1.807, 2.05) is 13.8 Å². The summed E-state index contributed by atoms with van der Waals surface area (Å²) in [6.45, 7) is 12.4. The fraction of sp³-hybridized carbons (Fsp3) is 0.444. The molecular weight excluding hydrogens is 152 g/mol. The highest BCUT2D eigenvalue weighted by atomic mass is 16.5. The van der Waals surface area contributed by atoms with Gasteiger partial charge >= 0.3 is 0 Å². The number of rotatable bonds is 2. The fourth-order valence-corrected chi connectivity index (χ4v) is 0.777. The van der Waals surface area contributed by atoms with Crippen LogP contribution in [0, 0.1) is 0 Å². The number of hydrogen-bond donors (Lipinski definition) is 1. The van der Waals surface area contributed by atoms with E-state index in [-0.39, 0.29) is 0 Å². The highest BCUT2D eigenvalue weighted by molar-refractivity contribution is 5.31. The Morgan fingerprint density at radius 3 is 2.67 bits per heavy atom. The summed E-state index contributed by atoms with van der Waals surface area (Å²) in [5.74, 6) is 0.543. The molecule has 0 saturated carbocycles. The monoisotopic (exact) mass is 168 g/mol. The van der Waals surface area contributed by atoms with Crippen LogP contribution in [-0.4, -0.2) is 19.9 Å². The van der Waals surface area contributed by atoms with Gasteiger partial charge in [0.1, 0.15) is 6.61 Å². The Morgan fingerprint density at radius 1 is 1.58 bits per heavy atom. The molecule has 1 aliphatic rings. The van der Waals surface area contributed by atoms with Gasteiger partial charge in [0.05, 0.1) is 5.70 Å². The highest BCUT2D eigenvalue weighted by Gasteiger charge is 2.07. The van der Waals surface area contributed by atoms with Crippen LogP contribution in [0.25, 0.3) is 0 Å². The van der Waals surface area contributed by atoms with E-state index in [9.17, 15) is 0 Å². The smallest absolute Gasteiger partial charge is 0.236 e. The molecule has 0 aromatic carbocycles. The normalized spacial score (nSPS) is 14.8. The first-order valence-corrected chi connectivity index (χ1v) is 4.08. The summed E-state index contributed by atoms with van der Waals surface area (Å²) in [5.41, 5.74) is 0.821. The number of allylic oxidation sites excluding steroid dienone is 1. The molecule has 1 aliphatic heterocycles. The Hall–Kier alpha value is -1.25. The predicted molar refractivity (Wildman–Crippen MR) is 52.1 cm³/mol. The molecule has 0 spiro atoms. The number of nitrogens with one attached hydrogen (secondary N) is 1. The second-order valence-corrected chi connectivity index (χ2v) is 1.86. The summed E-state index contributed by atoms with van der Waals surface area (Å²) in [5, 5.41) is 3.07. The van der Waals surface area contributed by atoms with Crippen molar-refractivity contribution in [1.29, 1.82) is 0 Å². The van der Waals surface area contributed by atoms with Gasteiger partial charge in [-0.05, 0) is 12.8 Å². The third-order valence-corrected chi connectivity index (χ3v) is 1.23. The van der Waals surface area contributed by atoms with Crippen molar-refractivity contribution >= 4 is 6.72 Å². The molecular formula is C9H16N2O. The van der Waals surface area contributed by atoms with Crippen LogP contribution in [0.3, 0.4) is 0 Å². The van der Waals surface area contributed by atoms with Crippen molar-refractivity contribution in [2.24, 2.45) is 4.99 Å². The maximum absolute atomic E-state index is 5.15. The molecule has 1 rings (SSSR count). The molecule has 3 nitrogen and oxygen atoms in total. The molecule has 12 heavy (non-hydrogen) atoms. The minimum Gasteiger partial charge on any atom is -0.474 e. The third kappa shape index (κ3) is 2.78. The minimum atomic E-state index is 0.543. The Kier molecular flexibility index (Phi) is 5.79. The molecule has 0 radical (unpaired) electrons. The van der Waals surface area contributed by atoms with Crippen LogP contribution < -0.4 is 5.32 Å². The van der Waals surface area contributed by atoms with E-state index in [2.05, 4.69) is 23.6 Å². The number of nitrogens with zero attached hydrogens (tertiary/aromatic N) is 1. The SMILES string of the molecule is C=CC1=C(N=C)OCCN1.CC. The van der Waals surface area contributed by atoms with Gasteiger partial charge < -0.3 is 10.1 Å². The van der Waals surface area contributed by atoms with Crippen molar-refractivity contribution < 1.29 is 4.74 Å². The Morgan fingerprint density at radius 2 is 2.25 bits per heavy atom. The summed E-state index contributed by atoms with van der Waals surface area (Å²) in [6.07, 6.45) is 1.67. The van der Waals surface area contributed by atoms with E-state index in [1.165, 1.54) is 0 Å². The van der Waals surface area contributed by atoms with Gasteiger partial charge in [-0.3, -0.25) is 0 Å². The predicted octanol–water partition coefficient (Wildman–Crippen LogP) is 1.69. The molecule has 68 valence electrons. The third-order valence-electron chi connectivity index (χ3n) is 1.23. The van der Waals surface area contributed by atoms with E-state index < -0.39 is 0 Å². The lowest BCUT2D eigenvalue weighted by Gasteiger charge is -2.17. The lowest BCUT2D eigenvalue weighted by atomic mass is 10.4. The van der Waals surface area contributed by atoms with E-state index in [4.69, 9.17) is 4.74 Å². The minimum absolute atomic E-state index is 0.543. The lowest BCUT2D eigenvalue weighted by molar-refractivity contribution is 0.192. The lowest BCUT2D eigenvalue weighted by Crippen LogP contribution is -2.24. The van der Waals surface area contributed by atoms with Gasteiger partial charge in [-0.2, -0.15) is 0 Å². The summed E-state index contributed by atoms with van der Waals surface area (Å²) in [4.78, 5) is 3.67. The first-order valence-electron chi connectivity index (χ1n) is 4.08. The van der Waals surface area contributed by atoms with Crippen molar-refractivity contribution in [3.63, 3.8) is 0 Å². The van der Waals surface area contributed by atoms with Gasteiger partial charge in [0, 0.05) is 6.54 Å². The summed E-state index contributed by atoms with van der Waals surface area (Å²) < 4.78 is 5.15. The molecule has 0 amide bonds. The van der Waals surface area contributed by atoms with Crippen LogP contribution in [0.4, 0.5) is 0 Å². The topological polar surface area (TPSA) is 33.6 Å². The number of hydrogen-bond acceptors (Lipinski definition) is 3. The fourth-order valence-electron chi connectivity index (χ4n) is 0.777. The zero-order valence-electron chi connectivity index (χ0n) is 7.76. The highest BCUT2D eigenvalue weighted by Crippen LogP contribution is 2.08. The Labute approximate surface area is 73.8 Å². The molecule has 0 unspecified atom stereocenters. The first-order chi connectivity index (χ1) is 5.88. The Balaban J connectivity index is 0.000000561. The average molecular weight is 168 g/mol. The standard InChI is InChI=1S/C7H10N2O.C2H6/c1-3-6-7(8-2)10-5-4-9-6;1-2/h3,9H,1-2,4-5H2;1-2H3. The van der Waals surface area contributed by atoms with Crippen molar-refractivity contribution in [1.82, 2.24) is 5.32 Å². The molecule has 0 aromatic heterocycles. The van der Waals surface area contributed by atoms with Crippen LogP contribution in [-0.2, 0) is 4.74 Å².